The molecule has 1 heterocycles. The van der Waals surface area contributed by atoms with E-state index in [1.165, 1.54) is 11.0 Å². The predicted molar refractivity (Wildman–Crippen MR) is 92.0 cm³/mol. The van der Waals surface area contributed by atoms with Gasteiger partial charge in [-0.05, 0) is 12.5 Å². The topological polar surface area (TPSA) is 66.5 Å². The molecule has 0 bridgehead atoms. The normalized spacial score (nSPS) is 21.9. The molecule has 0 aliphatic carbocycles. The van der Waals surface area contributed by atoms with E-state index in [0.717, 1.165) is 11.7 Å². The zero-order chi connectivity index (χ0) is 18.7. The summed E-state index contributed by atoms with van der Waals surface area (Å²) in [6.07, 6.45) is 1.58. The average molecular weight is 372 g/mol. The van der Waals surface area contributed by atoms with E-state index in [2.05, 4.69) is 5.32 Å². The first-order valence-corrected chi connectivity index (χ1v) is 9.91. The fraction of sp³-hybridized carbons (Fsp3) is 0.471. The third-order valence-corrected chi connectivity index (χ3v) is 4.65. The van der Waals surface area contributed by atoms with Gasteiger partial charge in [0.15, 0.2) is 9.84 Å². The van der Waals surface area contributed by atoms with Gasteiger partial charge in [-0.25, -0.2) is 22.0 Å². The van der Waals surface area contributed by atoms with E-state index in [0.29, 0.717) is 5.56 Å². The van der Waals surface area contributed by atoms with Crippen molar-refractivity contribution in [1.82, 2.24) is 10.2 Å². The minimum Gasteiger partial charge on any atom is -0.332 e. The number of carbonyl (C=O) groups is 1. The standard InChI is InChI=1S/C17H22F2N2O3S/c1-13(8-11-25(2,23)24)20-16(22)21-10-9-17(18,19)12-15(21)14-6-4-3-5-7-14/h3-8,11,13,15H,9-10,12H2,1-2H3,(H,20,22)/b11-8+/t13-,15-/m0/s1. The zero-order valence-electron chi connectivity index (χ0n) is 14.2. The van der Waals surface area contributed by atoms with Crippen LogP contribution in [0.15, 0.2) is 41.8 Å². The predicted octanol–water partition coefficient (Wildman–Crippen LogP) is 3.12. The van der Waals surface area contributed by atoms with E-state index in [9.17, 15) is 22.0 Å². The van der Waals surface area contributed by atoms with Gasteiger partial charge in [0.25, 0.3) is 5.92 Å². The van der Waals surface area contributed by atoms with Crippen LogP contribution in [-0.4, -0.2) is 44.1 Å². The van der Waals surface area contributed by atoms with Crippen LogP contribution in [0.4, 0.5) is 13.6 Å². The van der Waals surface area contributed by atoms with Crippen LogP contribution in [0.5, 0.6) is 0 Å². The number of alkyl halides is 2. The molecule has 0 aromatic heterocycles. The van der Waals surface area contributed by atoms with E-state index in [-0.39, 0.29) is 6.54 Å². The van der Waals surface area contributed by atoms with Crippen LogP contribution in [-0.2, 0) is 9.84 Å². The maximum Gasteiger partial charge on any atom is 0.318 e. The van der Waals surface area contributed by atoms with Gasteiger partial charge in [0.05, 0.1) is 6.04 Å². The molecule has 1 aliphatic heterocycles. The first kappa shape index (κ1) is 19.4. The van der Waals surface area contributed by atoms with Crippen LogP contribution >= 0.6 is 0 Å². The maximum absolute atomic E-state index is 13.9. The first-order valence-electron chi connectivity index (χ1n) is 7.95. The molecule has 5 nitrogen and oxygen atoms in total. The van der Waals surface area contributed by atoms with E-state index < -0.39 is 46.7 Å². The van der Waals surface area contributed by atoms with Crippen molar-refractivity contribution in [2.45, 2.75) is 37.8 Å². The Balaban J connectivity index is 2.14. The Hall–Kier alpha value is -1.96. The van der Waals surface area contributed by atoms with Gasteiger partial charge < -0.3 is 10.2 Å². The second kappa shape index (κ2) is 7.51. The lowest BCUT2D eigenvalue weighted by Gasteiger charge is -2.39. The van der Waals surface area contributed by atoms with Crippen molar-refractivity contribution in [2.75, 3.05) is 12.8 Å². The fourth-order valence-electron chi connectivity index (χ4n) is 2.74. The molecule has 2 atom stereocenters. The van der Waals surface area contributed by atoms with Crippen molar-refractivity contribution in [3.8, 4) is 0 Å². The van der Waals surface area contributed by atoms with Crippen LogP contribution < -0.4 is 5.32 Å². The number of nitrogens with zero attached hydrogens (tertiary/aromatic N) is 1. The third-order valence-electron chi connectivity index (χ3n) is 4.00. The van der Waals surface area contributed by atoms with Crippen LogP contribution in [0.3, 0.4) is 0 Å². The van der Waals surface area contributed by atoms with Crippen molar-refractivity contribution in [3.05, 3.63) is 47.4 Å². The Bertz CT molecular complexity index is 736. The number of hydrogen-bond acceptors (Lipinski definition) is 3. The molecule has 25 heavy (non-hydrogen) atoms. The number of nitrogens with one attached hydrogen (secondary N) is 1. The molecule has 0 spiro atoms. The molecule has 1 aromatic carbocycles. The summed E-state index contributed by atoms with van der Waals surface area (Å²) in [5.41, 5.74) is 0.649. The van der Waals surface area contributed by atoms with Crippen LogP contribution in [0, 0.1) is 0 Å². The monoisotopic (exact) mass is 372 g/mol. The van der Waals surface area contributed by atoms with Crippen molar-refractivity contribution < 1.29 is 22.0 Å². The van der Waals surface area contributed by atoms with Crippen molar-refractivity contribution in [1.29, 1.82) is 0 Å². The van der Waals surface area contributed by atoms with Gasteiger partial charge in [-0.3, -0.25) is 0 Å². The molecule has 8 heteroatoms. The highest BCUT2D eigenvalue weighted by molar-refractivity contribution is 7.93. The van der Waals surface area contributed by atoms with E-state index in [4.69, 9.17) is 0 Å². The Kier molecular flexibility index (Phi) is 5.82. The zero-order valence-corrected chi connectivity index (χ0v) is 15.0. The lowest BCUT2D eigenvalue weighted by molar-refractivity contribution is -0.0682. The van der Waals surface area contributed by atoms with Crippen molar-refractivity contribution in [2.24, 2.45) is 0 Å². The van der Waals surface area contributed by atoms with Crippen LogP contribution in [0.1, 0.15) is 31.4 Å². The van der Waals surface area contributed by atoms with Crippen molar-refractivity contribution >= 4 is 15.9 Å². The summed E-state index contributed by atoms with van der Waals surface area (Å²) in [6.45, 7) is 1.55. The van der Waals surface area contributed by atoms with Gasteiger partial charge in [-0.15, -0.1) is 0 Å². The smallest absolute Gasteiger partial charge is 0.318 e. The minimum atomic E-state index is -3.29. The second-order valence-corrected chi connectivity index (χ2v) is 8.26. The summed E-state index contributed by atoms with van der Waals surface area (Å²) in [6, 6.07) is 6.96. The number of hydrogen-bond donors (Lipinski definition) is 1. The van der Waals surface area contributed by atoms with Gasteiger partial charge >= 0.3 is 6.03 Å². The molecule has 1 N–H and O–H groups in total. The molecule has 0 radical (unpaired) electrons. The molecular formula is C17H22F2N2O3S. The fourth-order valence-corrected chi connectivity index (χ4v) is 3.26. The number of likely N-dealkylation sites (tertiary alicyclic amines) is 1. The molecule has 2 rings (SSSR count). The maximum atomic E-state index is 13.9. The SMILES string of the molecule is C[C@@H](/C=C/S(C)(=O)=O)NC(=O)N1CCC(F)(F)C[C@H]1c1ccccc1. The Morgan fingerprint density at radius 1 is 1.36 bits per heavy atom. The number of carbonyl (C=O) groups excluding carboxylic acids is 1. The van der Waals surface area contributed by atoms with Crippen LogP contribution in [0.25, 0.3) is 0 Å². The summed E-state index contributed by atoms with van der Waals surface area (Å²) in [5.74, 6) is -2.82. The van der Waals surface area contributed by atoms with E-state index in [1.54, 1.807) is 37.3 Å². The Morgan fingerprint density at radius 3 is 2.60 bits per heavy atom. The van der Waals surface area contributed by atoms with Gasteiger partial charge in [-0.1, -0.05) is 36.4 Å². The molecule has 1 aliphatic rings. The third kappa shape index (κ3) is 5.81. The first-order chi connectivity index (χ1) is 11.6. The van der Waals surface area contributed by atoms with E-state index in [1.807, 2.05) is 0 Å². The highest BCUT2D eigenvalue weighted by atomic mass is 32.2. The molecule has 138 valence electrons. The summed E-state index contributed by atoms with van der Waals surface area (Å²) in [5, 5.41) is 3.65. The second-order valence-electron chi connectivity index (χ2n) is 6.33. The molecule has 1 fully saturated rings. The molecule has 0 unspecified atom stereocenters. The largest absolute Gasteiger partial charge is 0.332 e. The minimum absolute atomic E-state index is 0.0685. The molecule has 1 aromatic rings. The number of piperidine rings is 1. The highest BCUT2D eigenvalue weighted by Crippen LogP contribution is 2.39. The number of rotatable bonds is 4. The summed E-state index contributed by atoms with van der Waals surface area (Å²) in [7, 11) is -3.29. The Morgan fingerprint density at radius 2 is 2.00 bits per heavy atom. The molecule has 2 amide bonds. The van der Waals surface area contributed by atoms with Gasteiger partial charge in [0.1, 0.15) is 0 Å². The number of sulfone groups is 1. The summed E-state index contributed by atoms with van der Waals surface area (Å²) >= 11 is 0. The van der Waals surface area contributed by atoms with Crippen LogP contribution in [0.2, 0.25) is 0 Å². The number of benzene rings is 1. The number of amides is 2. The number of halogens is 2. The highest BCUT2D eigenvalue weighted by Gasteiger charge is 2.42. The van der Waals surface area contributed by atoms with E-state index >= 15 is 0 Å². The Labute approximate surface area is 146 Å². The van der Waals surface area contributed by atoms with Gasteiger partial charge in [0, 0.05) is 37.1 Å². The molecule has 1 saturated heterocycles. The number of urea groups is 1. The lowest BCUT2D eigenvalue weighted by Crippen LogP contribution is -2.50. The molecule has 0 saturated carbocycles. The summed E-state index contributed by atoms with van der Waals surface area (Å²) < 4.78 is 50.0. The lowest BCUT2D eigenvalue weighted by atomic mass is 9.93. The summed E-state index contributed by atoms with van der Waals surface area (Å²) in [4.78, 5) is 13.9. The molecular weight excluding hydrogens is 350 g/mol. The van der Waals surface area contributed by atoms with Gasteiger partial charge in [0.2, 0.25) is 0 Å². The quantitative estimate of drug-likeness (QED) is 0.883. The van der Waals surface area contributed by atoms with Crippen molar-refractivity contribution in [3.63, 3.8) is 0 Å². The average Bonchev–Trinajstić information content (AvgIpc) is 2.52. The van der Waals surface area contributed by atoms with Gasteiger partial charge in [-0.2, -0.15) is 0 Å².